The molecule has 32 heavy (non-hydrogen) atoms. The summed E-state index contributed by atoms with van der Waals surface area (Å²) in [6.45, 7) is 3.09. The highest BCUT2D eigenvalue weighted by atomic mass is 32.1. The van der Waals surface area contributed by atoms with E-state index < -0.39 is 0 Å². The molecular weight excluding hydrogens is 424 g/mol. The molecule has 2 aromatic heterocycles. The molecule has 2 amide bonds. The summed E-state index contributed by atoms with van der Waals surface area (Å²) in [6.07, 6.45) is 3.49. The number of benzene rings is 1. The van der Waals surface area contributed by atoms with Gasteiger partial charge in [-0.25, -0.2) is 4.98 Å². The Kier molecular flexibility index (Phi) is 6.80. The van der Waals surface area contributed by atoms with Gasteiger partial charge in [-0.15, -0.1) is 11.3 Å². The van der Waals surface area contributed by atoms with Crippen LogP contribution in [0.4, 0.5) is 0 Å². The second-order valence-corrected chi connectivity index (χ2v) is 8.76. The number of carbonyl (C=O) groups excluding carboxylic acids is 2. The molecule has 0 atom stereocenters. The third-order valence-electron chi connectivity index (χ3n) is 5.60. The van der Waals surface area contributed by atoms with Crippen LogP contribution in [0.15, 0.2) is 48.7 Å². The number of nitrogens with zero attached hydrogens (tertiary/aromatic N) is 3. The summed E-state index contributed by atoms with van der Waals surface area (Å²) in [5, 5.41) is 3.86. The van der Waals surface area contributed by atoms with Crippen molar-refractivity contribution in [2.45, 2.75) is 32.2 Å². The van der Waals surface area contributed by atoms with Gasteiger partial charge in [-0.05, 0) is 38.0 Å². The summed E-state index contributed by atoms with van der Waals surface area (Å²) in [6, 6.07) is 13.3. The zero-order valence-electron chi connectivity index (χ0n) is 18.2. The Morgan fingerprint density at radius 3 is 2.62 bits per heavy atom. The van der Waals surface area contributed by atoms with Crippen molar-refractivity contribution in [3.8, 4) is 16.5 Å². The number of nitrogens with one attached hydrogen (secondary N) is 1. The molecule has 8 heteroatoms. The van der Waals surface area contributed by atoms with Crippen molar-refractivity contribution in [3.05, 3.63) is 64.8 Å². The SMILES string of the molecule is COc1ccccc1CC(=O)N1CCC(NC(=O)c2sc(-c3ccccn3)nc2C)CC1. The number of ether oxygens (including phenoxy) is 1. The lowest BCUT2D eigenvalue weighted by atomic mass is 10.0. The molecule has 0 saturated carbocycles. The summed E-state index contributed by atoms with van der Waals surface area (Å²) >= 11 is 1.36. The minimum Gasteiger partial charge on any atom is -0.496 e. The molecule has 0 aliphatic carbocycles. The minimum atomic E-state index is -0.110. The van der Waals surface area contributed by atoms with E-state index in [2.05, 4.69) is 15.3 Å². The third-order valence-corrected chi connectivity index (χ3v) is 6.78. The second-order valence-electron chi connectivity index (χ2n) is 7.77. The van der Waals surface area contributed by atoms with E-state index in [1.165, 1.54) is 11.3 Å². The lowest BCUT2D eigenvalue weighted by Crippen LogP contribution is -2.47. The number of amides is 2. The smallest absolute Gasteiger partial charge is 0.263 e. The number of aromatic nitrogens is 2. The summed E-state index contributed by atoms with van der Waals surface area (Å²) < 4.78 is 5.35. The molecule has 1 fully saturated rings. The first kappa shape index (κ1) is 22.0. The Morgan fingerprint density at radius 2 is 1.91 bits per heavy atom. The topological polar surface area (TPSA) is 84.4 Å². The highest BCUT2D eigenvalue weighted by molar-refractivity contribution is 7.17. The Bertz CT molecular complexity index is 1090. The molecule has 1 N–H and O–H groups in total. The Hall–Kier alpha value is -3.26. The largest absolute Gasteiger partial charge is 0.496 e. The molecule has 1 aliphatic heterocycles. The van der Waals surface area contributed by atoms with Crippen LogP contribution in [-0.4, -0.2) is 52.9 Å². The van der Waals surface area contributed by atoms with Gasteiger partial charge in [-0.1, -0.05) is 24.3 Å². The molecule has 1 saturated heterocycles. The van der Waals surface area contributed by atoms with Crippen LogP contribution in [-0.2, 0) is 11.2 Å². The van der Waals surface area contributed by atoms with Crippen LogP contribution >= 0.6 is 11.3 Å². The summed E-state index contributed by atoms with van der Waals surface area (Å²) in [7, 11) is 1.61. The average Bonchev–Trinajstić information content (AvgIpc) is 3.22. The van der Waals surface area contributed by atoms with Crippen molar-refractivity contribution in [1.29, 1.82) is 0 Å². The van der Waals surface area contributed by atoms with Crippen LogP contribution in [0.5, 0.6) is 5.75 Å². The van der Waals surface area contributed by atoms with Gasteiger partial charge in [0.05, 0.1) is 24.9 Å². The normalized spacial score (nSPS) is 14.2. The maximum absolute atomic E-state index is 12.8. The van der Waals surface area contributed by atoms with Gasteiger partial charge in [0.2, 0.25) is 5.91 Å². The molecule has 3 aromatic rings. The Morgan fingerprint density at radius 1 is 1.16 bits per heavy atom. The van der Waals surface area contributed by atoms with Gasteiger partial charge in [0.15, 0.2) is 0 Å². The van der Waals surface area contributed by atoms with E-state index in [0.29, 0.717) is 30.1 Å². The molecule has 166 valence electrons. The predicted molar refractivity (Wildman–Crippen MR) is 124 cm³/mol. The Balaban J connectivity index is 1.32. The van der Waals surface area contributed by atoms with E-state index in [1.807, 2.05) is 54.3 Å². The maximum atomic E-state index is 12.8. The van der Waals surface area contributed by atoms with Crippen LogP contribution in [0.1, 0.15) is 33.8 Å². The summed E-state index contributed by atoms with van der Waals surface area (Å²) in [4.78, 5) is 36.9. The van der Waals surface area contributed by atoms with Crippen LogP contribution in [0.3, 0.4) is 0 Å². The van der Waals surface area contributed by atoms with Gasteiger partial charge in [0, 0.05) is 30.9 Å². The number of thiazole rings is 1. The van der Waals surface area contributed by atoms with Gasteiger partial charge in [0.1, 0.15) is 15.6 Å². The maximum Gasteiger partial charge on any atom is 0.263 e. The number of likely N-dealkylation sites (tertiary alicyclic amines) is 1. The molecule has 4 rings (SSSR count). The number of para-hydroxylation sites is 1. The number of piperidine rings is 1. The van der Waals surface area contributed by atoms with Crippen LogP contribution in [0.25, 0.3) is 10.7 Å². The number of rotatable bonds is 6. The molecule has 0 bridgehead atoms. The highest BCUT2D eigenvalue weighted by Gasteiger charge is 2.26. The van der Waals surface area contributed by atoms with Gasteiger partial charge in [-0.3, -0.25) is 14.6 Å². The molecule has 1 aromatic carbocycles. The number of hydrogen-bond acceptors (Lipinski definition) is 6. The fourth-order valence-electron chi connectivity index (χ4n) is 3.85. The molecule has 3 heterocycles. The molecular formula is C24H26N4O3S. The lowest BCUT2D eigenvalue weighted by Gasteiger charge is -2.32. The number of hydrogen-bond donors (Lipinski definition) is 1. The number of carbonyl (C=O) groups is 2. The van der Waals surface area contributed by atoms with E-state index in [4.69, 9.17) is 4.74 Å². The van der Waals surface area contributed by atoms with E-state index in [-0.39, 0.29) is 17.9 Å². The van der Waals surface area contributed by atoms with Crippen LogP contribution < -0.4 is 10.1 Å². The fraction of sp³-hybridized carbons (Fsp3) is 0.333. The molecule has 0 spiro atoms. The van der Waals surface area contributed by atoms with Gasteiger partial charge in [0.25, 0.3) is 5.91 Å². The van der Waals surface area contributed by atoms with Crippen LogP contribution in [0.2, 0.25) is 0 Å². The van der Waals surface area contributed by atoms with E-state index in [0.717, 1.165) is 34.9 Å². The molecule has 7 nitrogen and oxygen atoms in total. The van der Waals surface area contributed by atoms with Crippen molar-refractivity contribution in [2.75, 3.05) is 20.2 Å². The predicted octanol–water partition coefficient (Wildman–Crippen LogP) is 3.49. The van der Waals surface area contributed by atoms with Crippen LogP contribution in [0, 0.1) is 6.92 Å². The second kappa shape index (κ2) is 9.91. The average molecular weight is 451 g/mol. The van der Waals surface area contributed by atoms with Crippen molar-refractivity contribution in [3.63, 3.8) is 0 Å². The first-order valence-corrected chi connectivity index (χ1v) is 11.5. The van der Waals surface area contributed by atoms with Gasteiger partial charge >= 0.3 is 0 Å². The first-order chi connectivity index (χ1) is 15.5. The number of aryl methyl sites for hydroxylation is 1. The zero-order valence-corrected chi connectivity index (χ0v) is 19.0. The van der Waals surface area contributed by atoms with Crippen molar-refractivity contribution < 1.29 is 14.3 Å². The van der Waals surface area contributed by atoms with Gasteiger partial charge in [-0.2, -0.15) is 0 Å². The highest BCUT2D eigenvalue weighted by Crippen LogP contribution is 2.27. The lowest BCUT2D eigenvalue weighted by molar-refractivity contribution is -0.131. The van der Waals surface area contributed by atoms with Crippen molar-refractivity contribution in [2.24, 2.45) is 0 Å². The van der Waals surface area contributed by atoms with E-state index >= 15 is 0 Å². The molecule has 0 radical (unpaired) electrons. The molecule has 1 aliphatic rings. The van der Waals surface area contributed by atoms with Gasteiger partial charge < -0.3 is 15.0 Å². The fourth-order valence-corrected chi connectivity index (χ4v) is 4.80. The zero-order chi connectivity index (χ0) is 22.5. The summed E-state index contributed by atoms with van der Waals surface area (Å²) in [5.74, 6) is 0.701. The standard InChI is InChI=1S/C24H26N4O3S/c1-16-22(32-24(26-16)19-8-5-6-12-25-19)23(30)27-18-10-13-28(14-11-18)21(29)15-17-7-3-4-9-20(17)31-2/h3-9,12,18H,10-11,13-15H2,1-2H3,(H,27,30). The number of methoxy groups -OCH3 is 1. The van der Waals surface area contributed by atoms with Crippen molar-refractivity contribution in [1.82, 2.24) is 20.2 Å². The monoisotopic (exact) mass is 450 g/mol. The quantitative estimate of drug-likeness (QED) is 0.622. The summed E-state index contributed by atoms with van der Waals surface area (Å²) in [5.41, 5.74) is 2.36. The Labute approximate surface area is 191 Å². The van der Waals surface area contributed by atoms with Crippen molar-refractivity contribution >= 4 is 23.2 Å². The minimum absolute atomic E-state index is 0.0395. The van der Waals surface area contributed by atoms with E-state index in [1.54, 1.807) is 13.3 Å². The third kappa shape index (κ3) is 4.96. The first-order valence-electron chi connectivity index (χ1n) is 10.6. The molecule has 0 unspecified atom stereocenters. The number of pyridine rings is 1. The van der Waals surface area contributed by atoms with E-state index in [9.17, 15) is 9.59 Å².